The van der Waals surface area contributed by atoms with Gasteiger partial charge in [-0.1, -0.05) is 29.8 Å². The van der Waals surface area contributed by atoms with E-state index in [4.69, 9.17) is 16.3 Å². The Kier molecular flexibility index (Phi) is 4.53. The largest absolute Gasteiger partial charge is 0.457 e. The zero-order valence-electron chi connectivity index (χ0n) is 13.3. The molecule has 0 bridgehead atoms. The second-order valence-corrected chi connectivity index (χ2v) is 5.63. The zero-order chi connectivity index (χ0) is 17.1. The van der Waals surface area contributed by atoms with Crippen LogP contribution < -0.4 is 10.1 Å². The van der Waals surface area contributed by atoms with Crippen LogP contribution in [0, 0.1) is 6.92 Å². The molecule has 2 aromatic carbocycles. The third-order valence-electron chi connectivity index (χ3n) is 3.47. The van der Waals surface area contributed by atoms with Crippen LogP contribution in [0.3, 0.4) is 0 Å². The number of hydrogen-bond donors (Lipinski definition) is 1. The molecule has 0 aliphatic rings. The third-order valence-corrected chi connectivity index (χ3v) is 3.90. The summed E-state index contributed by atoms with van der Waals surface area (Å²) in [6, 6.07) is 16.6. The van der Waals surface area contributed by atoms with Crippen molar-refractivity contribution < 1.29 is 9.53 Å². The quantitative estimate of drug-likeness (QED) is 0.764. The number of amides is 1. The maximum absolute atomic E-state index is 12.4. The van der Waals surface area contributed by atoms with Crippen molar-refractivity contribution in [1.82, 2.24) is 9.78 Å². The number of rotatable bonds is 4. The number of carbonyl (C=O) groups excluding carboxylic acids is 1. The lowest BCUT2D eigenvalue weighted by atomic mass is 10.2. The maximum atomic E-state index is 12.4. The Labute approximate surface area is 144 Å². The van der Waals surface area contributed by atoms with Gasteiger partial charge in [0.1, 0.15) is 16.7 Å². The Morgan fingerprint density at radius 2 is 1.71 bits per heavy atom. The number of benzene rings is 2. The number of nitrogens with one attached hydrogen (secondary N) is 1. The fourth-order valence-electron chi connectivity index (χ4n) is 2.31. The zero-order valence-corrected chi connectivity index (χ0v) is 14.0. The number of halogens is 1. The molecule has 0 saturated heterocycles. The first-order chi connectivity index (χ1) is 11.5. The molecule has 0 atom stereocenters. The highest BCUT2D eigenvalue weighted by Crippen LogP contribution is 2.24. The van der Waals surface area contributed by atoms with E-state index in [0.29, 0.717) is 27.8 Å². The Hall–Kier alpha value is -2.79. The fourth-order valence-corrected chi connectivity index (χ4v) is 2.57. The maximum Gasteiger partial charge on any atom is 0.260 e. The van der Waals surface area contributed by atoms with Gasteiger partial charge in [0, 0.05) is 12.7 Å². The van der Waals surface area contributed by atoms with Crippen molar-refractivity contribution in [3.8, 4) is 11.5 Å². The molecular formula is C18H16ClN3O2. The summed E-state index contributed by atoms with van der Waals surface area (Å²) in [5.41, 5.74) is 1.62. The number of aromatic nitrogens is 2. The van der Waals surface area contributed by atoms with Crippen LogP contribution in [0.4, 0.5) is 5.69 Å². The van der Waals surface area contributed by atoms with Gasteiger partial charge in [-0.25, -0.2) is 0 Å². The second kappa shape index (κ2) is 6.76. The third kappa shape index (κ3) is 3.41. The van der Waals surface area contributed by atoms with Gasteiger partial charge in [0.05, 0.1) is 11.3 Å². The predicted molar refractivity (Wildman–Crippen MR) is 93.9 cm³/mol. The van der Waals surface area contributed by atoms with Crippen molar-refractivity contribution >= 4 is 23.2 Å². The molecule has 5 nitrogen and oxygen atoms in total. The van der Waals surface area contributed by atoms with Crippen molar-refractivity contribution in [2.45, 2.75) is 6.92 Å². The number of hydrogen-bond acceptors (Lipinski definition) is 3. The van der Waals surface area contributed by atoms with Crippen molar-refractivity contribution in [2.24, 2.45) is 7.05 Å². The molecule has 0 spiro atoms. The van der Waals surface area contributed by atoms with Crippen LogP contribution in [-0.4, -0.2) is 15.7 Å². The average molecular weight is 342 g/mol. The molecule has 0 unspecified atom stereocenters. The molecule has 0 radical (unpaired) electrons. The first-order valence-electron chi connectivity index (χ1n) is 7.38. The van der Waals surface area contributed by atoms with Gasteiger partial charge in [-0.3, -0.25) is 9.48 Å². The standard InChI is InChI=1S/C18H16ClN3O2/c1-12-16(17(19)22(2)21-12)18(23)20-13-8-10-15(11-9-13)24-14-6-4-3-5-7-14/h3-11H,1-2H3,(H,20,23). The van der Waals surface area contributed by atoms with Gasteiger partial charge in [0.2, 0.25) is 0 Å². The van der Waals surface area contributed by atoms with Crippen molar-refractivity contribution in [1.29, 1.82) is 0 Å². The molecule has 6 heteroatoms. The Morgan fingerprint density at radius 1 is 1.08 bits per heavy atom. The molecule has 24 heavy (non-hydrogen) atoms. The van der Waals surface area contributed by atoms with E-state index in [1.807, 2.05) is 30.3 Å². The van der Waals surface area contributed by atoms with Crippen LogP contribution in [-0.2, 0) is 7.05 Å². The molecule has 0 aliphatic heterocycles. The van der Waals surface area contributed by atoms with E-state index in [1.54, 1.807) is 38.2 Å². The molecule has 0 saturated carbocycles. The monoisotopic (exact) mass is 341 g/mol. The van der Waals surface area contributed by atoms with E-state index in [-0.39, 0.29) is 5.91 Å². The normalized spacial score (nSPS) is 10.5. The van der Waals surface area contributed by atoms with Crippen LogP contribution in [0.25, 0.3) is 0 Å². The number of aryl methyl sites for hydroxylation is 2. The number of nitrogens with zero attached hydrogens (tertiary/aromatic N) is 2. The summed E-state index contributed by atoms with van der Waals surface area (Å²) in [4.78, 5) is 12.4. The van der Waals surface area contributed by atoms with Gasteiger partial charge in [0.25, 0.3) is 5.91 Å². The van der Waals surface area contributed by atoms with E-state index < -0.39 is 0 Å². The van der Waals surface area contributed by atoms with Crippen LogP contribution in [0.15, 0.2) is 54.6 Å². The first-order valence-corrected chi connectivity index (χ1v) is 7.76. The van der Waals surface area contributed by atoms with E-state index >= 15 is 0 Å². The molecule has 1 aromatic heterocycles. The highest BCUT2D eigenvalue weighted by atomic mass is 35.5. The molecule has 3 rings (SSSR count). The summed E-state index contributed by atoms with van der Waals surface area (Å²) in [5.74, 6) is 1.16. The molecule has 1 heterocycles. The van der Waals surface area contributed by atoms with Gasteiger partial charge in [-0.15, -0.1) is 0 Å². The van der Waals surface area contributed by atoms with Crippen LogP contribution in [0.2, 0.25) is 5.15 Å². The Morgan fingerprint density at radius 3 is 2.29 bits per heavy atom. The molecule has 0 fully saturated rings. The van der Waals surface area contributed by atoms with Crippen LogP contribution in [0.1, 0.15) is 16.1 Å². The summed E-state index contributed by atoms with van der Waals surface area (Å²) < 4.78 is 7.19. The number of anilines is 1. The number of para-hydroxylation sites is 1. The van der Waals surface area contributed by atoms with Crippen LogP contribution in [0.5, 0.6) is 11.5 Å². The van der Waals surface area contributed by atoms with E-state index in [0.717, 1.165) is 5.75 Å². The molecule has 3 aromatic rings. The lowest BCUT2D eigenvalue weighted by Crippen LogP contribution is -2.13. The van der Waals surface area contributed by atoms with Crippen molar-refractivity contribution in [3.63, 3.8) is 0 Å². The number of carbonyl (C=O) groups is 1. The summed E-state index contributed by atoms with van der Waals surface area (Å²) in [5, 5.41) is 7.26. The molecule has 0 aliphatic carbocycles. The number of ether oxygens (including phenoxy) is 1. The molecule has 122 valence electrons. The lowest BCUT2D eigenvalue weighted by Gasteiger charge is -2.08. The lowest BCUT2D eigenvalue weighted by molar-refractivity contribution is 0.102. The van der Waals surface area contributed by atoms with Gasteiger partial charge in [0.15, 0.2) is 0 Å². The molecule has 1 amide bonds. The van der Waals surface area contributed by atoms with Crippen LogP contribution >= 0.6 is 11.6 Å². The minimum Gasteiger partial charge on any atom is -0.457 e. The van der Waals surface area contributed by atoms with E-state index in [9.17, 15) is 4.79 Å². The fraction of sp³-hybridized carbons (Fsp3) is 0.111. The first kappa shape index (κ1) is 16.1. The summed E-state index contributed by atoms with van der Waals surface area (Å²) in [6.07, 6.45) is 0. The van der Waals surface area contributed by atoms with Gasteiger partial charge >= 0.3 is 0 Å². The average Bonchev–Trinajstić information content (AvgIpc) is 2.83. The topological polar surface area (TPSA) is 56.2 Å². The van der Waals surface area contributed by atoms with E-state index in [1.165, 1.54) is 4.68 Å². The minimum atomic E-state index is -0.290. The minimum absolute atomic E-state index is 0.290. The highest BCUT2D eigenvalue weighted by Gasteiger charge is 2.18. The smallest absolute Gasteiger partial charge is 0.260 e. The summed E-state index contributed by atoms with van der Waals surface area (Å²) in [6.45, 7) is 1.75. The Balaban J connectivity index is 1.71. The van der Waals surface area contributed by atoms with Crippen molar-refractivity contribution in [2.75, 3.05) is 5.32 Å². The van der Waals surface area contributed by atoms with Crippen molar-refractivity contribution in [3.05, 3.63) is 71.0 Å². The summed E-state index contributed by atoms with van der Waals surface area (Å²) >= 11 is 6.11. The Bertz CT molecular complexity index is 858. The summed E-state index contributed by atoms with van der Waals surface area (Å²) in [7, 11) is 1.70. The SMILES string of the molecule is Cc1nn(C)c(Cl)c1C(=O)Nc1ccc(Oc2ccccc2)cc1. The second-order valence-electron chi connectivity index (χ2n) is 5.27. The highest BCUT2D eigenvalue weighted by molar-refractivity contribution is 6.33. The van der Waals surface area contributed by atoms with E-state index in [2.05, 4.69) is 10.4 Å². The molecule has 1 N–H and O–H groups in total. The van der Waals surface area contributed by atoms with Gasteiger partial charge in [-0.05, 0) is 43.3 Å². The molecular weight excluding hydrogens is 326 g/mol. The van der Waals surface area contributed by atoms with Gasteiger partial charge in [-0.2, -0.15) is 5.10 Å². The van der Waals surface area contributed by atoms with Gasteiger partial charge < -0.3 is 10.1 Å². The predicted octanol–water partition coefficient (Wildman–Crippen LogP) is 4.43.